The van der Waals surface area contributed by atoms with Gasteiger partial charge in [-0.05, 0) is 56.5 Å². The summed E-state index contributed by atoms with van der Waals surface area (Å²) in [6.45, 7) is 2.50. The molecule has 1 aromatic carbocycles. The van der Waals surface area contributed by atoms with Gasteiger partial charge >= 0.3 is 0 Å². The van der Waals surface area contributed by atoms with Gasteiger partial charge in [-0.15, -0.1) is 12.4 Å². The Hall–Kier alpha value is -1.20. The predicted octanol–water partition coefficient (Wildman–Crippen LogP) is 2.51. The molecule has 0 bridgehead atoms. The first kappa shape index (κ1) is 16.9. The molecular weight excluding hydrogens is 286 g/mol. The topological polar surface area (TPSA) is 41.1 Å². The van der Waals surface area contributed by atoms with Crippen LogP contribution in [0.4, 0.5) is 8.78 Å². The van der Waals surface area contributed by atoms with Crippen molar-refractivity contribution in [3.8, 4) is 0 Å². The SMILES string of the molecule is Cl.O=C(NCCC1CCCNC1)c1cc(F)ccc1F. The Morgan fingerprint density at radius 3 is 2.90 bits per heavy atom. The average Bonchev–Trinajstić information content (AvgIpc) is 2.42. The highest BCUT2D eigenvalue weighted by Gasteiger charge is 2.15. The maximum atomic E-state index is 13.4. The second-order valence-electron chi connectivity index (χ2n) is 4.88. The van der Waals surface area contributed by atoms with Crippen LogP contribution in [0.1, 0.15) is 29.6 Å². The molecule has 3 nitrogen and oxygen atoms in total. The zero-order chi connectivity index (χ0) is 13.7. The molecule has 112 valence electrons. The number of piperidine rings is 1. The largest absolute Gasteiger partial charge is 0.352 e. The summed E-state index contributed by atoms with van der Waals surface area (Å²) >= 11 is 0. The Balaban J connectivity index is 0.00000200. The van der Waals surface area contributed by atoms with E-state index in [4.69, 9.17) is 0 Å². The summed E-state index contributed by atoms with van der Waals surface area (Å²) in [5.74, 6) is -1.31. The van der Waals surface area contributed by atoms with E-state index < -0.39 is 17.5 Å². The van der Waals surface area contributed by atoms with Gasteiger partial charge in [0.05, 0.1) is 5.56 Å². The molecular formula is C14H19ClF2N2O. The van der Waals surface area contributed by atoms with Crippen molar-refractivity contribution >= 4 is 18.3 Å². The Morgan fingerprint density at radius 2 is 2.20 bits per heavy atom. The maximum Gasteiger partial charge on any atom is 0.254 e. The molecule has 0 radical (unpaired) electrons. The van der Waals surface area contributed by atoms with Crippen molar-refractivity contribution in [3.05, 3.63) is 35.4 Å². The van der Waals surface area contributed by atoms with Crippen LogP contribution in [0.5, 0.6) is 0 Å². The number of amides is 1. The summed E-state index contributed by atoms with van der Waals surface area (Å²) in [5, 5.41) is 5.94. The van der Waals surface area contributed by atoms with Crippen LogP contribution >= 0.6 is 12.4 Å². The zero-order valence-corrected chi connectivity index (χ0v) is 11.9. The third-order valence-corrected chi connectivity index (χ3v) is 3.41. The Morgan fingerprint density at radius 1 is 1.40 bits per heavy atom. The van der Waals surface area contributed by atoms with Crippen LogP contribution in [-0.2, 0) is 0 Å². The molecule has 1 fully saturated rings. The molecule has 1 aromatic rings. The summed E-state index contributed by atoms with van der Waals surface area (Å²) in [6.07, 6.45) is 3.16. The molecule has 0 aromatic heterocycles. The van der Waals surface area contributed by atoms with E-state index in [-0.39, 0.29) is 18.0 Å². The fraction of sp³-hybridized carbons (Fsp3) is 0.500. The lowest BCUT2D eigenvalue weighted by Gasteiger charge is -2.22. The van der Waals surface area contributed by atoms with E-state index in [1.807, 2.05) is 0 Å². The van der Waals surface area contributed by atoms with E-state index in [1.165, 1.54) is 0 Å². The monoisotopic (exact) mass is 304 g/mol. The van der Waals surface area contributed by atoms with E-state index in [2.05, 4.69) is 10.6 Å². The first-order valence-corrected chi connectivity index (χ1v) is 6.61. The number of rotatable bonds is 4. The Bertz CT molecular complexity index is 451. The van der Waals surface area contributed by atoms with Gasteiger partial charge in [0, 0.05) is 6.54 Å². The van der Waals surface area contributed by atoms with Crippen LogP contribution in [0.3, 0.4) is 0 Å². The quantitative estimate of drug-likeness (QED) is 0.897. The fourth-order valence-corrected chi connectivity index (χ4v) is 2.33. The van der Waals surface area contributed by atoms with Crippen LogP contribution in [0, 0.1) is 17.6 Å². The summed E-state index contributed by atoms with van der Waals surface area (Å²) in [6, 6.07) is 2.89. The van der Waals surface area contributed by atoms with E-state index in [0.29, 0.717) is 12.5 Å². The van der Waals surface area contributed by atoms with Crippen molar-refractivity contribution in [1.29, 1.82) is 0 Å². The number of carbonyl (C=O) groups is 1. The van der Waals surface area contributed by atoms with Crippen molar-refractivity contribution in [2.24, 2.45) is 5.92 Å². The molecule has 1 aliphatic rings. The van der Waals surface area contributed by atoms with Crippen LogP contribution in [-0.4, -0.2) is 25.5 Å². The molecule has 1 aliphatic heterocycles. The molecule has 1 amide bonds. The van der Waals surface area contributed by atoms with Gasteiger partial charge in [0.2, 0.25) is 0 Å². The van der Waals surface area contributed by atoms with Crippen LogP contribution in [0.2, 0.25) is 0 Å². The Kier molecular flexibility index (Phi) is 6.88. The van der Waals surface area contributed by atoms with Gasteiger partial charge in [-0.25, -0.2) is 8.78 Å². The minimum atomic E-state index is -0.696. The molecule has 1 saturated heterocycles. The van der Waals surface area contributed by atoms with Gasteiger partial charge < -0.3 is 10.6 Å². The summed E-state index contributed by atoms with van der Waals surface area (Å²) in [4.78, 5) is 11.7. The molecule has 0 saturated carbocycles. The lowest BCUT2D eigenvalue weighted by Crippen LogP contribution is -2.33. The summed E-state index contributed by atoms with van der Waals surface area (Å²) in [7, 11) is 0. The van der Waals surface area contributed by atoms with Crippen molar-refractivity contribution in [2.75, 3.05) is 19.6 Å². The summed E-state index contributed by atoms with van der Waals surface area (Å²) in [5.41, 5.74) is -0.234. The first-order chi connectivity index (χ1) is 9.16. The minimum Gasteiger partial charge on any atom is -0.352 e. The standard InChI is InChI=1S/C14H18F2N2O.ClH/c15-11-3-4-13(16)12(8-11)14(19)18-7-5-10-2-1-6-17-9-10;/h3-4,8,10,17H,1-2,5-7,9H2,(H,18,19);1H. The number of halogens is 3. The van der Waals surface area contributed by atoms with Gasteiger partial charge in [0.1, 0.15) is 11.6 Å². The predicted molar refractivity (Wildman–Crippen MR) is 76.1 cm³/mol. The number of hydrogen-bond acceptors (Lipinski definition) is 2. The smallest absolute Gasteiger partial charge is 0.254 e. The van der Waals surface area contributed by atoms with E-state index in [1.54, 1.807) is 0 Å². The molecule has 20 heavy (non-hydrogen) atoms. The molecule has 1 unspecified atom stereocenters. The number of hydrogen-bond donors (Lipinski definition) is 2. The van der Waals surface area contributed by atoms with Crippen LogP contribution in [0.25, 0.3) is 0 Å². The van der Waals surface area contributed by atoms with Gasteiger partial charge in [-0.2, -0.15) is 0 Å². The Labute approximate surface area is 123 Å². The van der Waals surface area contributed by atoms with Gasteiger partial charge in [-0.1, -0.05) is 0 Å². The van der Waals surface area contributed by atoms with E-state index >= 15 is 0 Å². The molecule has 1 heterocycles. The molecule has 0 spiro atoms. The fourth-order valence-electron chi connectivity index (χ4n) is 2.33. The lowest BCUT2D eigenvalue weighted by molar-refractivity contribution is 0.0946. The van der Waals surface area contributed by atoms with Crippen molar-refractivity contribution < 1.29 is 13.6 Å². The highest BCUT2D eigenvalue weighted by molar-refractivity contribution is 5.94. The minimum absolute atomic E-state index is 0. The van der Waals surface area contributed by atoms with Crippen LogP contribution < -0.4 is 10.6 Å². The maximum absolute atomic E-state index is 13.4. The molecule has 1 atom stereocenters. The van der Waals surface area contributed by atoms with E-state index in [9.17, 15) is 13.6 Å². The van der Waals surface area contributed by atoms with Gasteiger partial charge in [0.15, 0.2) is 0 Å². The second kappa shape index (κ2) is 8.17. The highest BCUT2D eigenvalue weighted by Crippen LogP contribution is 2.13. The van der Waals surface area contributed by atoms with Crippen molar-refractivity contribution in [1.82, 2.24) is 10.6 Å². The first-order valence-electron chi connectivity index (χ1n) is 6.61. The number of benzene rings is 1. The summed E-state index contributed by atoms with van der Waals surface area (Å²) < 4.78 is 26.3. The third-order valence-electron chi connectivity index (χ3n) is 3.41. The third kappa shape index (κ3) is 4.72. The normalized spacial score (nSPS) is 18.2. The molecule has 6 heteroatoms. The molecule has 2 rings (SSSR count). The molecule has 2 N–H and O–H groups in total. The van der Waals surface area contributed by atoms with Crippen LogP contribution in [0.15, 0.2) is 18.2 Å². The highest BCUT2D eigenvalue weighted by atomic mass is 35.5. The van der Waals surface area contributed by atoms with Gasteiger partial charge in [-0.3, -0.25) is 4.79 Å². The van der Waals surface area contributed by atoms with E-state index in [0.717, 1.165) is 50.6 Å². The number of carbonyl (C=O) groups excluding carboxylic acids is 1. The lowest BCUT2D eigenvalue weighted by atomic mass is 9.96. The van der Waals surface area contributed by atoms with Crippen molar-refractivity contribution in [2.45, 2.75) is 19.3 Å². The van der Waals surface area contributed by atoms with Crippen molar-refractivity contribution in [3.63, 3.8) is 0 Å². The number of nitrogens with one attached hydrogen (secondary N) is 2. The van der Waals surface area contributed by atoms with Gasteiger partial charge in [0.25, 0.3) is 5.91 Å². The average molecular weight is 305 g/mol. The molecule has 0 aliphatic carbocycles. The second-order valence-corrected chi connectivity index (χ2v) is 4.88. The zero-order valence-electron chi connectivity index (χ0n) is 11.1.